The molecule has 1 unspecified atom stereocenters. The molecule has 4 nitrogen and oxygen atoms in total. The molecule has 1 heterocycles. The van der Waals surface area contributed by atoms with Crippen molar-refractivity contribution in [2.75, 3.05) is 0 Å². The summed E-state index contributed by atoms with van der Waals surface area (Å²) in [5.74, 6) is 0.302. The summed E-state index contributed by atoms with van der Waals surface area (Å²) in [6.07, 6.45) is 2.77. The van der Waals surface area contributed by atoms with Crippen molar-refractivity contribution in [2.45, 2.75) is 20.3 Å². The highest BCUT2D eigenvalue weighted by molar-refractivity contribution is 9.11. The van der Waals surface area contributed by atoms with Gasteiger partial charge >= 0.3 is 0 Å². The fourth-order valence-corrected chi connectivity index (χ4v) is 2.26. The smallest absolute Gasteiger partial charge is 0.244 e. The van der Waals surface area contributed by atoms with E-state index in [1.54, 1.807) is 0 Å². The third-order valence-corrected chi connectivity index (χ3v) is 2.81. The molecule has 1 rings (SSSR count). The largest absolute Gasteiger partial charge is 0.382 e. The van der Waals surface area contributed by atoms with Crippen LogP contribution in [0.15, 0.2) is 26.2 Å². The van der Waals surface area contributed by atoms with Gasteiger partial charge in [-0.15, -0.1) is 0 Å². The maximum Gasteiger partial charge on any atom is 0.244 e. The number of nitrogens with one attached hydrogen (secondary N) is 1. The minimum absolute atomic E-state index is 0.302. The minimum atomic E-state index is -1.45. The van der Waals surface area contributed by atoms with E-state index in [-0.39, 0.29) is 0 Å². The molecule has 1 aliphatic heterocycles. The van der Waals surface area contributed by atoms with Gasteiger partial charge < -0.3 is 5.73 Å². The van der Waals surface area contributed by atoms with Gasteiger partial charge in [-0.25, -0.2) is 4.21 Å². The van der Waals surface area contributed by atoms with Gasteiger partial charge in [-0.3, -0.25) is 4.72 Å². The number of hydrogen-bond acceptors (Lipinski definition) is 2. The van der Waals surface area contributed by atoms with Gasteiger partial charge in [-0.2, -0.15) is 4.40 Å². The number of amidine groups is 1. The quantitative estimate of drug-likeness (QED) is 0.763. The Morgan fingerprint density at radius 3 is 2.93 bits per heavy atom. The highest BCUT2D eigenvalue weighted by atomic mass is 79.9. The minimum Gasteiger partial charge on any atom is -0.382 e. The molecule has 0 amide bonds. The van der Waals surface area contributed by atoms with Gasteiger partial charge in [-0.1, -0.05) is 28.9 Å². The molecule has 6 heteroatoms. The van der Waals surface area contributed by atoms with Crippen molar-refractivity contribution in [2.24, 2.45) is 10.1 Å². The van der Waals surface area contributed by atoms with Crippen LogP contribution in [0.4, 0.5) is 0 Å². The van der Waals surface area contributed by atoms with Gasteiger partial charge in [0, 0.05) is 4.48 Å². The number of halogens is 1. The Labute approximate surface area is 94.2 Å². The van der Waals surface area contributed by atoms with Gasteiger partial charge in [0.05, 0.1) is 11.3 Å². The summed E-state index contributed by atoms with van der Waals surface area (Å²) in [6.45, 7) is 3.87. The molecule has 0 aromatic carbocycles. The van der Waals surface area contributed by atoms with E-state index in [0.29, 0.717) is 5.84 Å². The van der Waals surface area contributed by atoms with E-state index in [9.17, 15) is 4.21 Å². The highest BCUT2D eigenvalue weighted by Crippen LogP contribution is 2.21. The molecule has 0 aliphatic carbocycles. The van der Waals surface area contributed by atoms with Gasteiger partial charge in [0.1, 0.15) is 5.84 Å². The zero-order valence-corrected chi connectivity index (χ0v) is 10.4. The molecule has 0 aromatic heterocycles. The lowest BCUT2D eigenvalue weighted by Crippen LogP contribution is -2.31. The molecular weight excluding hydrogens is 266 g/mol. The lowest BCUT2D eigenvalue weighted by Gasteiger charge is -2.18. The topological polar surface area (TPSA) is 67.5 Å². The van der Waals surface area contributed by atoms with Crippen molar-refractivity contribution >= 4 is 32.9 Å². The molecule has 1 aliphatic rings. The highest BCUT2D eigenvalue weighted by Gasteiger charge is 2.19. The number of hydrogen-bond donors (Lipinski definition) is 2. The molecule has 0 aromatic rings. The summed E-state index contributed by atoms with van der Waals surface area (Å²) in [5, 5.41) is 0. The van der Waals surface area contributed by atoms with Crippen molar-refractivity contribution in [1.82, 2.24) is 4.72 Å². The van der Waals surface area contributed by atoms with Crippen molar-refractivity contribution in [1.29, 1.82) is 0 Å². The maximum atomic E-state index is 11.2. The molecule has 3 N–H and O–H groups in total. The van der Waals surface area contributed by atoms with Crippen molar-refractivity contribution in [3.8, 4) is 0 Å². The van der Waals surface area contributed by atoms with Crippen molar-refractivity contribution in [3.63, 3.8) is 0 Å². The van der Waals surface area contributed by atoms with Crippen LogP contribution in [0.3, 0.4) is 0 Å². The van der Waals surface area contributed by atoms with Crippen molar-refractivity contribution in [3.05, 3.63) is 21.8 Å². The predicted molar refractivity (Wildman–Crippen MR) is 62.9 cm³/mol. The molecule has 78 valence electrons. The number of nitrogens with zero attached hydrogens (tertiary/aromatic N) is 1. The van der Waals surface area contributed by atoms with Crippen LogP contribution in [0.25, 0.3) is 0 Å². The normalized spacial score (nSPS) is 28.4. The standard InChI is InChI=1S/C8H12BrN3OS/c1-3-4-6-7(5(2)9)8(10)12-14(13)11-6/h4,11H,3H2,1-2H3,(H2,10,12)/b6-4+,7-5-. The molecular formula is C8H12BrN3OS. The number of nitrogens with two attached hydrogens (primary N) is 1. The molecule has 0 saturated heterocycles. The number of rotatable bonds is 1. The van der Waals surface area contributed by atoms with Crippen LogP contribution in [-0.4, -0.2) is 10.0 Å². The Hall–Kier alpha value is -0.620. The first-order valence-electron chi connectivity index (χ1n) is 4.16. The first kappa shape index (κ1) is 11.5. The maximum absolute atomic E-state index is 11.2. The van der Waals surface area contributed by atoms with Gasteiger partial charge in [-0.05, 0) is 13.3 Å². The first-order chi connectivity index (χ1) is 6.56. The SMILES string of the molecule is CC/C=C1/NS(=O)N=C(N)/C1=C(/C)Br. The van der Waals surface area contributed by atoms with Crippen LogP contribution in [0.5, 0.6) is 0 Å². The first-order valence-corrected chi connectivity index (χ1v) is 6.06. The van der Waals surface area contributed by atoms with Crippen LogP contribution in [0, 0.1) is 0 Å². The Morgan fingerprint density at radius 2 is 2.43 bits per heavy atom. The predicted octanol–water partition coefficient (Wildman–Crippen LogP) is 1.49. The molecule has 0 radical (unpaired) electrons. The van der Waals surface area contributed by atoms with Crippen LogP contribution in [0.2, 0.25) is 0 Å². The average Bonchev–Trinajstić information content (AvgIpc) is 2.01. The third-order valence-electron chi connectivity index (χ3n) is 1.66. The van der Waals surface area contributed by atoms with Crippen LogP contribution < -0.4 is 10.5 Å². The van der Waals surface area contributed by atoms with E-state index in [1.807, 2.05) is 19.9 Å². The monoisotopic (exact) mass is 277 g/mol. The molecule has 14 heavy (non-hydrogen) atoms. The van der Waals surface area contributed by atoms with Crippen LogP contribution >= 0.6 is 15.9 Å². The molecule has 0 fully saturated rings. The second kappa shape index (κ2) is 4.75. The summed E-state index contributed by atoms with van der Waals surface area (Å²) >= 11 is 1.90. The fourth-order valence-electron chi connectivity index (χ4n) is 1.15. The van der Waals surface area contributed by atoms with Crippen molar-refractivity contribution < 1.29 is 4.21 Å². The summed E-state index contributed by atoms with van der Waals surface area (Å²) in [6, 6.07) is 0. The van der Waals surface area contributed by atoms with Gasteiger partial charge in [0.15, 0.2) is 0 Å². The third kappa shape index (κ3) is 2.45. The summed E-state index contributed by atoms with van der Waals surface area (Å²) < 4.78 is 18.6. The summed E-state index contributed by atoms with van der Waals surface area (Å²) in [5.41, 5.74) is 7.23. The fraction of sp³-hybridized carbons (Fsp3) is 0.375. The molecule has 0 saturated carbocycles. The van der Waals surface area contributed by atoms with E-state index >= 15 is 0 Å². The Morgan fingerprint density at radius 1 is 1.79 bits per heavy atom. The Bertz CT molecular complexity index is 356. The molecule has 1 atom stereocenters. The second-order valence-corrected chi connectivity index (χ2v) is 4.84. The van der Waals surface area contributed by atoms with E-state index in [1.165, 1.54) is 0 Å². The molecule has 0 spiro atoms. The molecule has 0 bridgehead atoms. The zero-order valence-electron chi connectivity index (χ0n) is 8.00. The van der Waals surface area contributed by atoms with Crippen LogP contribution in [-0.2, 0) is 11.2 Å². The lowest BCUT2D eigenvalue weighted by molar-refractivity contribution is 0.679. The summed E-state index contributed by atoms with van der Waals surface area (Å²) in [7, 11) is 0. The Kier molecular flexibility index (Phi) is 3.88. The average molecular weight is 278 g/mol. The van der Waals surface area contributed by atoms with Gasteiger partial charge in [0.2, 0.25) is 11.2 Å². The zero-order chi connectivity index (χ0) is 10.7. The lowest BCUT2D eigenvalue weighted by atomic mass is 10.1. The van der Waals surface area contributed by atoms with E-state index in [0.717, 1.165) is 22.2 Å². The van der Waals surface area contributed by atoms with E-state index in [2.05, 4.69) is 25.0 Å². The Balaban J connectivity index is 3.22. The van der Waals surface area contributed by atoms with E-state index < -0.39 is 11.2 Å². The van der Waals surface area contributed by atoms with Crippen LogP contribution in [0.1, 0.15) is 20.3 Å². The van der Waals surface area contributed by atoms with E-state index in [4.69, 9.17) is 5.73 Å². The second-order valence-electron chi connectivity index (χ2n) is 2.76. The number of allylic oxidation sites excluding steroid dienone is 2. The summed E-state index contributed by atoms with van der Waals surface area (Å²) in [4.78, 5) is 0. The van der Waals surface area contributed by atoms with Gasteiger partial charge in [0.25, 0.3) is 0 Å².